The summed E-state index contributed by atoms with van der Waals surface area (Å²) in [4.78, 5) is 11.1. The van der Waals surface area contributed by atoms with E-state index in [0.29, 0.717) is 6.42 Å². The molecule has 2 N–H and O–H groups in total. The molecule has 0 aromatic heterocycles. The normalized spacial score (nSPS) is 14.6. The minimum Gasteiger partial charge on any atom is -0.293 e. The van der Waals surface area contributed by atoms with Crippen LogP contribution >= 0.6 is 0 Å². The van der Waals surface area contributed by atoms with Gasteiger partial charge in [0.2, 0.25) is 0 Å². The van der Waals surface area contributed by atoms with E-state index >= 15 is 0 Å². The van der Waals surface area contributed by atoms with Gasteiger partial charge in [0.25, 0.3) is 5.91 Å². The van der Waals surface area contributed by atoms with Gasteiger partial charge in [-0.15, -0.1) is 0 Å². The molecule has 0 aliphatic carbocycles. The van der Waals surface area contributed by atoms with Gasteiger partial charge in [-0.1, -0.05) is 32.6 Å². The van der Waals surface area contributed by atoms with E-state index in [4.69, 9.17) is 5.21 Å². The van der Waals surface area contributed by atoms with E-state index in [9.17, 15) is 9.00 Å². The van der Waals surface area contributed by atoms with Crippen LogP contribution in [0.15, 0.2) is 0 Å². The maximum absolute atomic E-state index is 11.3. The van der Waals surface area contributed by atoms with Gasteiger partial charge >= 0.3 is 0 Å². The molecule has 2 unspecified atom stereocenters. The summed E-state index contributed by atoms with van der Waals surface area (Å²) in [6.07, 6.45) is 4.46. The first-order valence-corrected chi connectivity index (χ1v) is 6.20. The Morgan fingerprint density at radius 3 is 2.60 bits per heavy atom. The SMILES string of the molecule is CCCCCCC(C(=O)NO)S(=O)OC. The Bertz CT molecular complexity index is 194. The molecule has 6 heteroatoms. The first-order chi connectivity index (χ1) is 7.17. The number of carbonyl (C=O) groups is 1. The average molecular weight is 237 g/mol. The second kappa shape index (κ2) is 8.82. The molecule has 0 saturated heterocycles. The van der Waals surface area contributed by atoms with E-state index in [1.165, 1.54) is 12.6 Å². The Morgan fingerprint density at radius 1 is 1.47 bits per heavy atom. The fraction of sp³-hybridized carbons (Fsp3) is 0.889. The molecule has 0 fully saturated rings. The van der Waals surface area contributed by atoms with Crippen molar-refractivity contribution in [1.82, 2.24) is 5.48 Å². The van der Waals surface area contributed by atoms with Crippen molar-refractivity contribution >= 4 is 17.0 Å². The molecule has 0 heterocycles. The number of amides is 1. The van der Waals surface area contributed by atoms with Crippen LogP contribution in [0.3, 0.4) is 0 Å². The summed E-state index contributed by atoms with van der Waals surface area (Å²) < 4.78 is 15.9. The molecule has 15 heavy (non-hydrogen) atoms. The lowest BCUT2D eigenvalue weighted by atomic mass is 10.1. The van der Waals surface area contributed by atoms with Crippen LogP contribution in [0.4, 0.5) is 0 Å². The van der Waals surface area contributed by atoms with E-state index < -0.39 is 22.2 Å². The van der Waals surface area contributed by atoms with Crippen molar-refractivity contribution in [2.75, 3.05) is 7.11 Å². The Labute approximate surface area is 92.8 Å². The van der Waals surface area contributed by atoms with E-state index in [1.54, 1.807) is 0 Å². The topological polar surface area (TPSA) is 75.6 Å². The molecule has 0 saturated carbocycles. The molecule has 0 aromatic carbocycles. The smallest absolute Gasteiger partial charge is 0.261 e. The summed E-state index contributed by atoms with van der Waals surface area (Å²) in [6.45, 7) is 2.09. The second-order valence-corrected chi connectivity index (χ2v) is 4.66. The highest BCUT2D eigenvalue weighted by atomic mass is 32.2. The van der Waals surface area contributed by atoms with Gasteiger partial charge in [0.15, 0.2) is 11.1 Å². The molecule has 0 bridgehead atoms. The summed E-state index contributed by atoms with van der Waals surface area (Å²) >= 11 is -1.67. The zero-order valence-electron chi connectivity index (χ0n) is 9.19. The summed E-state index contributed by atoms with van der Waals surface area (Å²) in [5.41, 5.74) is 1.51. The molecule has 0 aliphatic rings. The molecule has 2 atom stereocenters. The summed E-state index contributed by atoms with van der Waals surface area (Å²) in [6, 6.07) is 0. The van der Waals surface area contributed by atoms with Gasteiger partial charge in [0.05, 0.1) is 7.11 Å². The first-order valence-electron chi connectivity index (χ1n) is 5.06. The molecule has 0 rings (SSSR count). The second-order valence-electron chi connectivity index (χ2n) is 3.24. The maximum Gasteiger partial charge on any atom is 0.261 e. The van der Waals surface area contributed by atoms with Crippen molar-refractivity contribution in [3.05, 3.63) is 0 Å². The molecule has 5 nitrogen and oxygen atoms in total. The van der Waals surface area contributed by atoms with E-state index in [-0.39, 0.29) is 0 Å². The molecular weight excluding hydrogens is 218 g/mol. The number of unbranched alkanes of at least 4 members (excludes halogenated alkanes) is 3. The van der Waals surface area contributed by atoms with E-state index in [1.807, 2.05) is 0 Å². The molecule has 1 amide bonds. The average Bonchev–Trinajstić information content (AvgIpc) is 2.27. The highest BCUT2D eigenvalue weighted by molar-refractivity contribution is 7.81. The fourth-order valence-electron chi connectivity index (χ4n) is 1.26. The van der Waals surface area contributed by atoms with Crippen molar-refractivity contribution in [2.45, 2.75) is 44.3 Å². The van der Waals surface area contributed by atoms with Gasteiger partial charge in [-0.25, -0.2) is 9.69 Å². The Morgan fingerprint density at radius 2 is 2.13 bits per heavy atom. The standard InChI is InChI=1S/C9H19NO4S/c1-3-4-5-6-7-8(9(11)10-12)15(13)14-2/h8,12H,3-7H2,1-2H3,(H,10,11). The van der Waals surface area contributed by atoms with Crippen LogP contribution in [0, 0.1) is 0 Å². The monoisotopic (exact) mass is 237 g/mol. The van der Waals surface area contributed by atoms with Crippen molar-refractivity contribution in [2.24, 2.45) is 0 Å². The number of hydrogen-bond donors (Lipinski definition) is 2. The first kappa shape index (κ1) is 14.5. The summed E-state index contributed by atoms with van der Waals surface area (Å²) in [7, 11) is 1.28. The minimum absolute atomic E-state index is 0.465. The lowest BCUT2D eigenvalue weighted by molar-refractivity contribution is -0.128. The lowest BCUT2D eigenvalue weighted by Gasteiger charge is -2.12. The number of rotatable bonds is 8. The number of hydrogen-bond acceptors (Lipinski definition) is 4. The Balaban J connectivity index is 4.02. The molecular formula is C9H19NO4S. The molecule has 0 aliphatic heterocycles. The number of hydroxylamine groups is 1. The van der Waals surface area contributed by atoms with Gasteiger partial charge in [0.1, 0.15) is 5.25 Å². The van der Waals surface area contributed by atoms with Gasteiger partial charge in [0, 0.05) is 0 Å². The number of carbonyl (C=O) groups excluding carboxylic acids is 1. The van der Waals surface area contributed by atoms with Crippen LogP contribution in [0.5, 0.6) is 0 Å². The van der Waals surface area contributed by atoms with Crippen molar-refractivity contribution in [3.63, 3.8) is 0 Å². The van der Waals surface area contributed by atoms with Crippen LogP contribution in [-0.2, 0) is 20.1 Å². The van der Waals surface area contributed by atoms with Gasteiger partial charge < -0.3 is 0 Å². The van der Waals surface area contributed by atoms with Crippen LogP contribution < -0.4 is 5.48 Å². The quantitative estimate of drug-likeness (QED) is 0.377. The Kier molecular flexibility index (Phi) is 8.55. The van der Waals surface area contributed by atoms with Crippen LogP contribution in [0.2, 0.25) is 0 Å². The largest absolute Gasteiger partial charge is 0.293 e. The van der Waals surface area contributed by atoms with Gasteiger partial charge in [-0.2, -0.15) is 0 Å². The molecule has 0 radical (unpaired) electrons. The summed E-state index contributed by atoms with van der Waals surface area (Å²) in [5, 5.41) is 7.68. The van der Waals surface area contributed by atoms with Crippen molar-refractivity contribution in [3.8, 4) is 0 Å². The minimum atomic E-state index is -1.67. The zero-order valence-corrected chi connectivity index (χ0v) is 10.0. The molecule has 90 valence electrons. The van der Waals surface area contributed by atoms with Crippen molar-refractivity contribution < 1.29 is 18.4 Å². The van der Waals surface area contributed by atoms with Crippen LogP contribution in [0.25, 0.3) is 0 Å². The fourth-order valence-corrected chi connectivity index (χ4v) is 2.08. The highest BCUT2D eigenvalue weighted by Crippen LogP contribution is 2.11. The third kappa shape index (κ3) is 5.86. The number of nitrogens with one attached hydrogen (secondary N) is 1. The highest BCUT2D eigenvalue weighted by Gasteiger charge is 2.24. The molecule has 0 aromatic rings. The third-order valence-electron chi connectivity index (χ3n) is 2.12. The van der Waals surface area contributed by atoms with Gasteiger partial charge in [-0.3, -0.25) is 14.2 Å². The predicted molar refractivity (Wildman–Crippen MR) is 57.6 cm³/mol. The van der Waals surface area contributed by atoms with Crippen molar-refractivity contribution in [1.29, 1.82) is 0 Å². The predicted octanol–water partition coefficient (Wildman–Crippen LogP) is 1.14. The van der Waals surface area contributed by atoms with E-state index in [2.05, 4.69) is 11.1 Å². The molecule has 0 spiro atoms. The zero-order chi connectivity index (χ0) is 11.7. The van der Waals surface area contributed by atoms with E-state index in [0.717, 1.165) is 25.7 Å². The lowest BCUT2D eigenvalue weighted by Crippen LogP contribution is -2.35. The third-order valence-corrected chi connectivity index (χ3v) is 3.36. The summed E-state index contributed by atoms with van der Waals surface area (Å²) in [5.74, 6) is -0.647. The Hall–Kier alpha value is -0.460. The van der Waals surface area contributed by atoms with Crippen LogP contribution in [0.1, 0.15) is 39.0 Å². The van der Waals surface area contributed by atoms with Crippen LogP contribution in [-0.4, -0.2) is 27.7 Å². The maximum atomic E-state index is 11.3. The van der Waals surface area contributed by atoms with Gasteiger partial charge in [-0.05, 0) is 6.42 Å².